The topological polar surface area (TPSA) is 69.4 Å². The van der Waals surface area contributed by atoms with Crippen molar-refractivity contribution >= 4 is 45.3 Å². The predicted molar refractivity (Wildman–Crippen MR) is 93.0 cm³/mol. The summed E-state index contributed by atoms with van der Waals surface area (Å²) in [6.07, 6.45) is 1.84. The summed E-state index contributed by atoms with van der Waals surface area (Å²) in [5.41, 5.74) is 5.25. The molecule has 0 saturated heterocycles. The van der Waals surface area contributed by atoms with Crippen LogP contribution in [0.5, 0.6) is 0 Å². The van der Waals surface area contributed by atoms with Crippen molar-refractivity contribution in [2.24, 2.45) is 0 Å². The van der Waals surface area contributed by atoms with E-state index in [2.05, 4.69) is 37.1 Å². The Hall–Kier alpha value is -2.97. The molecule has 0 radical (unpaired) electrons. The van der Waals surface area contributed by atoms with Gasteiger partial charge in [-0.05, 0) is 37.3 Å². The van der Waals surface area contributed by atoms with Crippen LogP contribution >= 0.6 is 11.6 Å². The quantitative estimate of drug-likeness (QED) is 0.382. The van der Waals surface area contributed by atoms with E-state index in [0.717, 1.165) is 33.3 Å². The fraction of sp³-hybridized carbons (Fsp3) is 0.0588. The van der Waals surface area contributed by atoms with Gasteiger partial charge >= 0.3 is 0 Å². The van der Waals surface area contributed by atoms with Gasteiger partial charge in [0.1, 0.15) is 10.7 Å². The van der Waals surface area contributed by atoms with E-state index in [1.54, 1.807) is 6.07 Å². The zero-order valence-electron chi connectivity index (χ0n) is 12.2. The fourth-order valence-electron chi connectivity index (χ4n) is 2.49. The van der Waals surface area contributed by atoms with E-state index in [1.165, 1.54) is 0 Å². The smallest absolute Gasteiger partial charge is 0.205 e. The lowest BCUT2D eigenvalue weighted by molar-refractivity contribution is 1.31. The van der Waals surface area contributed by atoms with Crippen LogP contribution in [0.15, 0.2) is 36.5 Å². The van der Waals surface area contributed by atoms with Crippen LogP contribution in [-0.2, 0) is 0 Å². The van der Waals surface area contributed by atoms with Crippen molar-refractivity contribution in [2.45, 2.75) is 6.92 Å². The molecule has 0 spiro atoms. The minimum atomic E-state index is 0.451. The molecule has 0 aliphatic heterocycles. The monoisotopic (exact) mass is 321 g/mol. The van der Waals surface area contributed by atoms with Crippen LogP contribution in [-0.4, -0.2) is 19.9 Å². The van der Waals surface area contributed by atoms with Crippen LogP contribution in [0.2, 0.25) is 5.15 Å². The zero-order valence-corrected chi connectivity index (χ0v) is 13.0. The highest BCUT2D eigenvalue weighted by Gasteiger charge is 2.09. The van der Waals surface area contributed by atoms with Crippen LogP contribution in [0.25, 0.3) is 22.1 Å². The Morgan fingerprint density at radius 2 is 2.00 bits per heavy atom. The van der Waals surface area contributed by atoms with Gasteiger partial charge in [-0.25, -0.2) is 9.97 Å². The summed E-state index contributed by atoms with van der Waals surface area (Å²) in [6.45, 7) is 1.82. The van der Waals surface area contributed by atoms with Gasteiger partial charge in [0.15, 0.2) is 0 Å². The number of nitrogens with one attached hydrogen (secondary N) is 3. The molecule has 0 aliphatic rings. The van der Waals surface area contributed by atoms with Crippen molar-refractivity contribution in [3.8, 4) is 11.8 Å². The number of rotatable bonds is 2. The number of pyridine rings is 1. The first-order valence-corrected chi connectivity index (χ1v) is 7.44. The summed E-state index contributed by atoms with van der Waals surface area (Å²) in [5.74, 6) is 6.56. The Morgan fingerprint density at radius 1 is 1.13 bits per heavy atom. The summed E-state index contributed by atoms with van der Waals surface area (Å²) in [4.78, 5) is 15.3. The first kappa shape index (κ1) is 13.7. The van der Waals surface area contributed by atoms with Gasteiger partial charge in [-0.2, -0.15) is 0 Å². The van der Waals surface area contributed by atoms with Crippen LogP contribution < -0.4 is 5.32 Å². The lowest BCUT2D eigenvalue weighted by Gasteiger charge is -1.99. The van der Waals surface area contributed by atoms with E-state index < -0.39 is 0 Å². The Labute approximate surface area is 137 Å². The van der Waals surface area contributed by atoms with Gasteiger partial charge in [0.2, 0.25) is 5.95 Å². The molecule has 0 atom stereocenters. The average molecular weight is 322 g/mol. The molecule has 0 amide bonds. The van der Waals surface area contributed by atoms with E-state index in [-0.39, 0.29) is 0 Å². The third-order valence-electron chi connectivity index (χ3n) is 3.49. The largest absolute Gasteiger partial charge is 0.358 e. The normalized spacial score (nSPS) is 10.7. The number of hydrogen-bond donors (Lipinski definition) is 3. The van der Waals surface area contributed by atoms with Gasteiger partial charge in [0, 0.05) is 11.8 Å². The van der Waals surface area contributed by atoms with Gasteiger partial charge in [0.05, 0.1) is 22.2 Å². The van der Waals surface area contributed by atoms with Gasteiger partial charge in [-0.15, -0.1) is 5.92 Å². The van der Waals surface area contributed by atoms with Gasteiger partial charge < -0.3 is 15.3 Å². The molecular formula is C17H12ClN5. The van der Waals surface area contributed by atoms with Crippen molar-refractivity contribution in [3.63, 3.8) is 0 Å². The number of nitrogens with zero attached hydrogens (tertiary/aromatic N) is 2. The molecule has 4 rings (SSSR count). The molecule has 3 aromatic heterocycles. The number of imidazole rings is 1. The third kappa shape index (κ3) is 2.50. The first-order valence-electron chi connectivity index (χ1n) is 7.06. The summed E-state index contributed by atoms with van der Waals surface area (Å²) in [6, 6.07) is 9.54. The summed E-state index contributed by atoms with van der Waals surface area (Å²) in [7, 11) is 0. The SMILES string of the molecule is CC#Cc1ccc2[nH]c(Nc3c[nH]c4ccc(Cl)nc34)nc2c1. The number of benzene rings is 1. The molecule has 0 saturated carbocycles. The maximum absolute atomic E-state index is 5.97. The molecular weight excluding hydrogens is 310 g/mol. The van der Waals surface area contributed by atoms with Crippen molar-refractivity contribution in [3.05, 3.63) is 47.2 Å². The summed E-state index contributed by atoms with van der Waals surface area (Å²) < 4.78 is 0. The van der Waals surface area contributed by atoms with E-state index in [0.29, 0.717) is 11.1 Å². The van der Waals surface area contributed by atoms with E-state index >= 15 is 0 Å². The van der Waals surface area contributed by atoms with Gasteiger partial charge in [-0.3, -0.25) is 0 Å². The Balaban J connectivity index is 1.73. The molecule has 0 unspecified atom stereocenters. The zero-order chi connectivity index (χ0) is 15.8. The number of anilines is 2. The highest BCUT2D eigenvalue weighted by molar-refractivity contribution is 6.29. The van der Waals surface area contributed by atoms with Crippen molar-refractivity contribution in [1.29, 1.82) is 0 Å². The maximum atomic E-state index is 5.97. The van der Waals surface area contributed by atoms with Crippen molar-refractivity contribution in [2.75, 3.05) is 5.32 Å². The number of aromatic nitrogens is 4. The van der Waals surface area contributed by atoms with Crippen LogP contribution in [0.4, 0.5) is 11.6 Å². The fourth-order valence-corrected chi connectivity index (χ4v) is 2.63. The lowest BCUT2D eigenvalue weighted by Crippen LogP contribution is -1.91. The first-order chi connectivity index (χ1) is 11.2. The Kier molecular flexibility index (Phi) is 3.18. The van der Waals surface area contributed by atoms with Crippen molar-refractivity contribution in [1.82, 2.24) is 19.9 Å². The number of hydrogen-bond acceptors (Lipinski definition) is 3. The van der Waals surface area contributed by atoms with Crippen LogP contribution in [0.1, 0.15) is 12.5 Å². The summed E-state index contributed by atoms with van der Waals surface area (Å²) in [5, 5.41) is 3.69. The standard InChI is InChI=1S/C17H12ClN5/c1-2-3-10-4-5-11-13(8-10)21-17(20-11)22-14-9-19-12-6-7-15(18)23-16(12)14/h4-9,19H,1H3,(H2,20,21,22). The van der Waals surface area contributed by atoms with E-state index in [9.17, 15) is 0 Å². The Bertz CT molecular complexity index is 1080. The molecule has 0 aliphatic carbocycles. The maximum Gasteiger partial charge on any atom is 0.205 e. The summed E-state index contributed by atoms with van der Waals surface area (Å²) >= 11 is 5.97. The van der Waals surface area contributed by atoms with Gasteiger partial charge in [-0.1, -0.05) is 17.5 Å². The third-order valence-corrected chi connectivity index (χ3v) is 3.70. The molecule has 5 nitrogen and oxygen atoms in total. The van der Waals surface area contributed by atoms with E-state index in [1.807, 2.05) is 37.4 Å². The van der Waals surface area contributed by atoms with Gasteiger partial charge in [0.25, 0.3) is 0 Å². The van der Waals surface area contributed by atoms with Crippen LogP contribution in [0, 0.1) is 11.8 Å². The Morgan fingerprint density at radius 3 is 2.87 bits per heavy atom. The second-order valence-corrected chi connectivity index (χ2v) is 5.44. The second-order valence-electron chi connectivity index (χ2n) is 5.05. The number of fused-ring (bicyclic) bond motifs is 2. The minimum Gasteiger partial charge on any atom is -0.358 e. The molecule has 112 valence electrons. The molecule has 0 bridgehead atoms. The van der Waals surface area contributed by atoms with E-state index in [4.69, 9.17) is 11.6 Å². The minimum absolute atomic E-state index is 0.451. The molecule has 3 N–H and O–H groups in total. The highest BCUT2D eigenvalue weighted by Crippen LogP contribution is 2.26. The van der Waals surface area contributed by atoms with Crippen molar-refractivity contribution < 1.29 is 0 Å². The molecule has 6 heteroatoms. The molecule has 1 aromatic carbocycles. The molecule has 0 fully saturated rings. The number of H-pyrrole nitrogens is 2. The average Bonchev–Trinajstić information content (AvgIpc) is 3.11. The molecule has 4 aromatic rings. The van der Waals surface area contributed by atoms with Crippen LogP contribution in [0.3, 0.4) is 0 Å². The number of aromatic amines is 2. The second kappa shape index (κ2) is 5.34. The molecule has 23 heavy (non-hydrogen) atoms. The lowest BCUT2D eigenvalue weighted by atomic mass is 10.2. The number of halogens is 1. The molecule has 3 heterocycles. The highest BCUT2D eigenvalue weighted by atomic mass is 35.5. The predicted octanol–water partition coefficient (Wildman–Crippen LogP) is 4.21.